The van der Waals surface area contributed by atoms with E-state index in [0.717, 1.165) is 24.1 Å². The second-order valence-electron chi connectivity index (χ2n) is 4.43. The largest absolute Gasteiger partial charge is 0.383 e. The van der Waals surface area contributed by atoms with Crippen LogP contribution in [0.1, 0.15) is 31.1 Å². The van der Waals surface area contributed by atoms with Gasteiger partial charge in [0.1, 0.15) is 5.82 Å². The number of nitrogen functional groups attached to an aromatic ring is 1. The first-order valence-electron chi connectivity index (χ1n) is 5.90. The summed E-state index contributed by atoms with van der Waals surface area (Å²) < 4.78 is 1.97. The molecule has 2 rings (SSSR count). The van der Waals surface area contributed by atoms with Crippen molar-refractivity contribution < 1.29 is 0 Å². The Bertz CT molecular complexity index is 488. The third-order valence-corrected chi connectivity index (χ3v) is 2.77. The molecule has 4 heteroatoms. The molecule has 0 saturated carbocycles. The van der Waals surface area contributed by atoms with Gasteiger partial charge in [0.2, 0.25) is 0 Å². The van der Waals surface area contributed by atoms with Crippen molar-refractivity contribution in [2.45, 2.75) is 32.7 Å². The third kappa shape index (κ3) is 2.84. The SMILES string of the molecule is CC(C)n1ccc(CCc2cccnc2N)n1. The third-order valence-electron chi connectivity index (χ3n) is 2.77. The van der Waals surface area contributed by atoms with E-state index in [1.165, 1.54) is 0 Å². The average Bonchev–Trinajstić information content (AvgIpc) is 2.77. The molecule has 0 unspecified atom stereocenters. The van der Waals surface area contributed by atoms with Crippen LogP contribution in [0.2, 0.25) is 0 Å². The lowest BCUT2D eigenvalue weighted by Crippen LogP contribution is -2.03. The van der Waals surface area contributed by atoms with Gasteiger partial charge in [0.25, 0.3) is 0 Å². The van der Waals surface area contributed by atoms with Crippen molar-refractivity contribution in [2.24, 2.45) is 0 Å². The van der Waals surface area contributed by atoms with Crippen molar-refractivity contribution >= 4 is 5.82 Å². The Morgan fingerprint density at radius 1 is 1.29 bits per heavy atom. The number of hydrogen-bond acceptors (Lipinski definition) is 3. The molecule has 0 aliphatic carbocycles. The fourth-order valence-electron chi connectivity index (χ4n) is 1.72. The van der Waals surface area contributed by atoms with Crippen molar-refractivity contribution in [3.05, 3.63) is 41.9 Å². The fraction of sp³-hybridized carbons (Fsp3) is 0.385. The molecule has 0 saturated heterocycles. The molecule has 2 aromatic heterocycles. The summed E-state index contributed by atoms with van der Waals surface area (Å²) in [7, 11) is 0. The molecule has 17 heavy (non-hydrogen) atoms. The Hall–Kier alpha value is -1.84. The topological polar surface area (TPSA) is 56.7 Å². The summed E-state index contributed by atoms with van der Waals surface area (Å²) in [6.45, 7) is 4.24. The fourth-order valence-corrected chi connectivity index (χ4v) is 1.72. The minimum atomic E-state index is 0.409. The van der Waals surface area contributed by atoms with E-state index in [1.54, 1.807) is 6.20 Å². The maximum absolute atomic E-state index is 5.80. The normalized spacial score (nSPS) is 11.0. The Balaban J connectivity index is 2.00. The number of nitrogens with two attached hydrogens (primary N) is 1. The molecule has 0 spiro atoms. The number of aromatic nitrogens is 3. The molecule has 0 bridgehead atoms. The summed E-state index contributed by atoms with van der Waals surface area (Å²) in [6, 6.07) is 6.40. The van der Waals surface area contributed by atoms with Gasteiger partial charge in [-0.15, -0.1) is 0 Å². The second kappa shape index (κ2) is 4.99. The van der Waals surface area contributed by atoms with Crippen LogP contribution in [0.5, 0.6) is 0 Å². The zero-order valence-electron chi connectivity index (χ0n) is 10.3. The Morgan fingerprint density at radius 3 is 2.76 bits per heavy atom. The summed E-state index contributed by atoms with van der Waals surface area (Å²) in [6.07, 6.45) is 5.52. The van der Waals surface area contributed by atoms with Crippen LogP contribution in [-0.2, 0) is 12.8 Å². The first-order valence-corrected chi connectivity index (χ1v) is 5.90. The van der Waals surface area contributed by atoms with E-state index >= 15 is 0 Å². The molecule has 0 aromatic carbocycles. The number of hydrogen-bond donors (Lipinski definition) is 1. The van der Waals surface area contributed by atoms with Gasteiger partial charge < -0.3 is 5.73 Å². The van der Waals surface area contributed by atoms with Gasteiger partial charge in [-0.2, -0.15) is 5.10 Å². The summed E-state index contributed by atoms with van der Waals surface area (Å²) in [5.74, 6) is 0.621. The van der Waals surface area contributed by atoms with Gasteiger partial charge in [-0.3, -0.25) is 4.68 Å². The predicted molar refractivity (Wildman–Crippen MR) is 68.7 cm³/mol. The van der Waals surface area contributed by atoms with Crippen LogP contribution in [0.4, 0.5) is 5.82 Å². The first kappa shape index (κ1) is 11.6. The quantitative estimate of drug-likeness (QED) is 0.876. The van der Waals surface area contributed by atoms with Gasteiger partial charge in [-0.1, -0.05) is 6.07 Å². The molecule has 0 radical (unpaired) electrons. The Labute approximate surface area is 101 Å². The van der Waals surface area contributed by atoms with Gasteiger partial charge in [-0.25, -0.2) is 4.98 Å². The van der Waals surface area contributed by atoms with E-state index in [-0.39, 0.29) is 0 Å². The lowest BCUT2D eigenvalue weighted by molar-refractivity contribution is 0.526. The number of aryl methyl sites for hydroxylation is 2. The average molecular weight is 230 g/mol. The summed E-state index contributed by atoms with van der Waals surface area (Å²) >= 11 is 0. The zero-order chi connectivity index (χ0) is 12.3. The molecule has 2 N–H and O–H groups in total. The molecular formula is C13H18N4. The first-order chi connectivity index (χ1) is 8.16. The highest BCUT2D eigenvalue weighted by atomic mass is 15.3. The highest BCUT2D eigenvalue weighted by Gasteiger charge is 2.04. The predicted octanol–water partition coefficient (Wildman–Crippen LogP) is 2.23. The van der Waals surface area contributed by atoms with E-state index in [9.17, 15) is 0 Å². The van der Waals surface area contributed by atoms with Crippen molar-refractivity contribution in [1.29, 1.82) is 0 Å². The Kier molecular flexibility index (Phi) is 3.42. The van der Waals surface area contributed by atoms with Crippen molar-refractivity contribution in [1.82, 2.24) is 14.8 Å². The molecule has 0 fully saturated rings. The van der Waals surface area contributed by atoms with Crippen LogP contribution < -0.4 is 5.73 Å². The van der Waals surface area contributed by atoms with E-state index < -0.39 is 0 Å². The highest BCUT2D eigenvalue weighted by Crippen LogP contribution is 2.11. The van der Waals surface area contributed by atoms with Crippen LogP contribution in [0.25, 0.3) is 0 Å². The van der Waals surface area contributed by atoms with Crippen molar-refractivity contribution in [3.63, 3.8) is 0 Å². The van der Waals surface area contributed by atoms with Crippen LogP contribution in [0, 0.1) is 0 Å². The maximum atomic E-state index is 5.80. The minimum absolute atomic E-state index is 0.409. The molecular weight excluding hydrogens is 212 g/mol. The Morgan fingerprint density at radius 2 is 2.12 bits per heavy atom. The number of rotatable bonds is 4. The molecule has 0 atom stereocenters. The number of nitrogens with zero attached hydrogens (tertiary/aromatic N) is 3. The molecule has 2 heterocycles. The van der Waals surface area contributed by atoms with Gasteiger partial charge >= 0.3 is 0 Å². The minimum Gasteiger partial charge on any atom is -0.383 e. The second-order valence-corrected chi connectivity index (χ2v) is 4.43. The van der Waals surface area contributed by atoms with Gasteiger partial charge in [0.05, 0.1) is 5.69 Å². The van der Waals surface area contributed by atoms with Gasteiger partial charge in [0, 0.05) is 18.4 Å². The standard InChI is InChI=1S/C13H18N4/c1-10(2)17-9-7-12(16-17)6-5-11-4-3-8-15-13(11)14/h3-4,7-10H,5-6H2,1-2H3,(H2,14,15). The molecule has 0 aliphatic rings. The van der Waals surface area contributed by atoms with Crippen molar-refractivity contribution in [2.75, 3.05) is 5.73 Å². The molecule has 2 aromatic rings. The monoisotopic (exact) mass is 230 g/mol. The van der Waals surface area contributed by atoms with E-state index in [2.05, 4.69) is 30.0 Å². The van der Waals surface area contributed by atoms with Gasteiger partial charge in [0.15, 0.2) is 0 Å². The molecule has 0 amide bonds. The van der Waals surface area contributed by atoms with E-state index in [4.69, 9.17) is 5.73 Å². The zero-order valence-corrected chi connectivity index (χ0v) is 10.3. The summed E-state index contributed by atoms with van der Waals surface area (Å²) in [4.78, 5) is 4.08. The highest BCUT2D eigenvalue weighted by molar-refractivity contribution is 5.38. The number of anilines is 1. The molecule has 4 nitrogen and oxygen atoms in total. The van der Waals surface area contributed by atoms with Crippen LogP contribution in [0.3, 0.4) is 0 Å². The van der Waals surface area contributed by atoms with Gasteiger partial charge in [-0.05, 0) is 44.4 Å². The van der Waals surface area contributed by atoms with Crippen LogP contribution in [-0.4, -0.2) is 14.8 Å². The van der Waals surface area contributed by atoms with E-state index in [1.807, 2.05) is 23.0 Å². The molecule has 90 valence electrons. The van der Waals surface area contributed by atoms with E-state index in [0.29, 0.717) is 11.9 Å². The summed E-state index contributed by atoms with van der Waals surface area (Å²) in [5.41, 5.74) is 7.99. The smallest absolute Gasteiger partial charge is 0.126 e. The van der Waals surface area contributed by atoms with Crippen molar-refractivity contribution in [3.8, 4) is 0 Å². The van der Waals surface area contributed by atoms with Crippen LogP contribution >= 0.6 is 0 Å². The van der Waals surface area contributed by atoms with Crippen LogP contribution in [0.15, 0.2) is 30.6 Å². The number of pyridine rings is 1. The summed E-state index contributed by atoms with van der Waals surface area (Å²) in [5, 5.41) is 4.51. The lowest BCUT2D eigenvalue weighted by atomic mass is 10.1. The lowest BCUT2D eigenvalue weighted by Gasteiger charge is -2.04. The molecule has 0 aliphatic heterocycles. The maximum Gasteiger partial charge on any atom is 0.126 e.